The lowest BCUT2D eigenvalue weighted by molar-refractivity contribution is 0.0858. The van der Waals surface area contributed by atoms with E-state index in [4.69, 9.17) is 28.9 Å². The first-order chi connectivity index (χ1) is 6.73. The topological polar surface area (TPSA) is 43.1 Å². The molecule has 1 aromatic carbocycles. The van der Waals surface area contributed by atoms with E-state index in [0.29, 0.717) is 21.3 Å². The largest absolute Gasteiger partial charge is 0.396 e. The molecule has 15 heavy (non-hydrogen) atoms. The number of nitrogens with two attached hydrogens (primary N) is 1. The first-order valence-electron chi connectivity index (χ1n) is 4.53. The quantitative estimate of drug-likeness (QED) is 0.604. The van der Waals surface area contributed by atoms with Crippen molar-refractivity contribution in [2.24, 2.45) is 5.41 Å². The molecule has 0 atom stereocenters. The Bertz CT molecular complexity index is 385. The zero-order chi connectivity index (χ0) is 11.8. The second-order valence-electron chi connectivity index (χ2n) is 4.43. The number of halogens is 2. The second-order valence-corrected chi connectivity index (χ2v) is 5.25. The van der Waals surface area contributed by atoms with Crippen LogP contribution in [0, 0.1) is 5.41 Å². The molecule has 1 aromatic rings. The molecule has 2 nitrogen and oxygen atoms in total. The highest BCUT2D eigenvalue weighted by atomic mass is 35.5. The first kappa shape index (κ1) is 12.3. The number of anilines is 1. The summed E-state index contributed by atoms with van der Waals surface area (Å²) in [5.41, 5.74) is 5.93. The van der Waals surface area contributed by atoms with Gasteiger partial charge in [0.05, 0.1) is 15.7 Å². The maximum absolute atomic E-state index is 11.9. The SMILES string of the molecule is CC(C)(C)C(=O)c1cc(Cl)c(N)c(Cl)c1. The first-order valence-corrected chi connectivity index (χ1v) is 5.28. The molecule has 0 radical (unpaired) electrons. The summed E-state index contributed by atoms with van der Waals surface area (Å²) in [4.78, 5) is 11.9. The van der Waals surface area contributed by atoms with Crippen molar-refractivity contribution in [1.29, 1.82) is 0 Å². The third-order valence-corrected chi connectivity index (χ3v) is 2.65. The highest BCUT2D eigenvalue weighted by Crippen LogP contribution is 2.31. The molecule has 0 aliphatic carbocycles. The van der Waals surface area contributed by atoms with Crippen LogP contribution >= 0.6 is 23.2 Å². The van der Waals surface area contributed by atoms with Crippen LogP contribution in [0.15, 0.2) is 12.1 Å². The predicted molar refractivity (Wildman–Crippen MR) is 64.7 cm³/mol. The van der Waals surface area contributed by atoms with Crippen molar-refractivity contribution in [3.05, 3.63) is 27.7 Å². The summed E-state index contributed by atoms with van der Waals surface area (Å²) in [5.74, 6) is -0.00806. The summed E-state index contributed by atoms with van der Waals surface area (Å²) < 4.78 is 0. The Labute approximate surface area is 99.4 Å². The fraction of sp³-hybridized carbons (Fsp3) is 0.364. The number of carbonyl (C=O) groups is 1. The number of nitrogen functional groups attached to an aromatic ring is 1. The number of carbonyl (C=O) groups excluding carboxylic acids is 1. The van der Waals surface area contributed by atoms with Gasteiger partial charge in [-0.3, -0.25) is 4.79 Å². The lowest BCUT2D eigenvalue weighted by atomic mass is 9.86. The average Bonchev–Trinajstić information content (AvgIpc) is 2.10. The molecule has 0 unspecified atom stereocenters. The van der Waals surface area contributed by atoms with Crippen molar-refractivity contribution in [3.63, 3.8) is 0 Å². The monoisotopic (exact) mass is 245 g/mol. The van der Waals surface area contributed by atoms with E-state index in [2.05, 4.69) is 0 Å². The Hall–Kier alpha value is -0.730. The van der Waals surface area contributed by atoms with Crippen molar-refractivity contribution in [2.75, 3.05) is 5.73 Å². The third-order valence-electron chi connectivity index (χ3n) is 2.02. The van der Waals surface area contributed by atoms with Crippen LogP contribution in [-0.4, -0.2) is 5.78 Å². The van der Waals surface area contributed by atoms with Gasteiger partial charge in [0.2, 0.25) is 0 Å². The van der Waals surface area contributed by atoms with Crippen LogP contribution in [0.5, 0.6) is 0 Å². The standard InChI is InChI=1S/C11H13Cl2NO/c1-11(2,3)10(15)6-4-7(12)9(14)8(13)5-6/h4-5H,14H2,1-3H3. The molecule has 0 amide bonds. The summed E-state index contributed by atoms with van der Waals surface area (Å²) in [6.45, 7) is 5.52. The zero-order valence-corrected chi connectivity index (χ0v) is 10.4. The Morgan fingerprint density at radius 1 is 1.20 bits per heavy atom. The lowest BCUT2D eigenvalue weighted by Crippen LogP contribution is -2.20. The van der Waals surface area contributed by atoms with E-state index < -0.39 is 5.41 Å². The van der Waals surface area contributed by atoms with Crippen LogP contribution in [0.3, 0.4) is 0 Å². The molecule has 2 N–H and O–H groups in total. The van der Waals surface area contributed by atoms with E-state index in [1.807, 2.05) is 20.8 Å². The molecule has 0 saturated heterocycles. The average molecular weight is 246 g/mol. The van der Waals surface area contributed by atoms with E-state index >= 15 is 0 Å². The number of rotatable bonds is 1. The van der Waals surface area contributed by atoms with Crippen molar-refractivity contribution in [2.45, 2.75) is 20.8 Å². The van der Waals surface area contributed by atoms with Gasteiger partial charge in [-0.15, -0.1) is 0 Å². The number of hydrogen-bond acceptors (Lipinski definition) is 2. The highest BCUT2D eigenvalue weighted by Gasteiger charge is 2.24. The Morgan fingerprint density at radius 3 is 1.93 bits per heavy atom. The minimum atomic E-state index is -0.456. The number of Topliss-reactive ketones (excluding diaryl/α,β-unsaturated/α-hetero) is 1. The van der Waals surface area contributed by atoms with Crippen LogP contribution < -0.4 is 5.73 Å². The van der Waals surface area contributed by atoms with Gasteiger partial charge in [-0.2, -0.15) is 0 Å². The molecule has 0 heterocycles. The van der Waals surface area contributed by atoms with Crippen LogP contribution in [0.1, 0.15) is 31.1 Å². The molecule has 82 valence electrons. The Morgan fingerprint density at radius 2 is 1.60 bits per heavy atom. The van der Waals surface area contributed by atoms with Crippen LogP contribution in [0.25, 0.3) is 0 Å². The number of hydrogen-bond donors (Lipinski definition) is 1. The Kier molecular flexibility index (Phi) is 3.31. The normalized spacial score (nSPS) is 11.5. The number of benzene rings is 1. The Balaban J connectivity index is 3.24. The van der Waals surface area contributed by atoms with E-state index in [1.165, 1.54) is 0 Å². The maximum Gasteiger partial charge on any atom is 0.168 e. The van der Waals surface area contributed by atoms with Gasteiger partial charge in [-0.1, -0.05) is 44.0 Å². The molecule has 0 fully saturated rings. The molecular weight excluding hydrogens is 233 g/mol. The maximum atomic E-state index is 11.9. The summed E-state index contributed by atoms with van der Waals surface area (Å²) in [6.07, 6.45) is 0. The third kappa shape index (κ3) is 2.64. The summed E-state index contributed by atoms with van der Waals surface area (Å²) >= 11 is 11.7. The minimum Gasteiger partial charge on any atom is -0.396 e. The molecule has 1 rings (SSSR count). The van der Waals surface area contributed by atoms with Gasteiger partial charge in [-0.25, -0.2) is 0 Å². The summed E-state index contributed by atoms with van der Waals surface area (Å²) in [7, 11) is 0. The van der Waals surface area contributed by atoms with Crippen LogP contribution in [0.4, 0.5) is 5.69 Å². The summed E-state index contributed by atoms with van der Waals surface area (Å²) in [5, 5.41) is 0.630. The van der Waals surface area contributed by atoms with Crippen LogP contribution in [0.2, 0.25) is 10.0 Å². The second kappa shape index (κ2) is 4.03. The zero-order valence-electron chi connectivity index (χ0n) is 8.90. The van der Waals surface area contributed by atoms with Gasteiger partial charge < -0.3 is 5.73 Å². The molecule has 0 bridgehead atoms. The highest BCUT2D eigenvalue weighted by molar-refractivity contribution is 6.39. The lowest BCUT2D eigenvalue weighted by Gasteiger charge is -2.17. The van der Waals surface area contributed by atoms with Crippen molar-refractivity contribution >= 4 is 34.7 Å². The van der Waals surface area contributed by atoms with Crippen molar-refractivity contribution in [3.8, 4) is 0 Å². The van der Waals surface area contributed by atoms with E-state index in [9.17, 15) is 4.79 Å². The van der Waals surface area contributed by atoms with Crippen molar-refractivity contribution in [1.82, 2.24) is 0 Å². The molecule has 0 aliphatic heterocycles. The minimum absolute atomic E-state index is 0.00806. The fourth-order valence-electron chi connectivity index (χ4n) is 1.15. The van der Waals surface area contributed by atoms with Gasteiger partial charge >= 0.3 is 0 Å². The predicted octanol–water partition coefficient (Wildman–Crippen LogP) is 3.80. The molecule has 0 saturated carbocycles. The fourth-order valence-corrected chi connectivity index (χ4v) is 1.64. The molecule has 0 aromatic heterocycles. The van der Waals surface area contributed by atoms with E-state index in [0.717, 1.165) is 0 Å². The smallest absolute Gasteiger partial charge is 0.168 e. The molecular formula is C11H13Cl2NO. The van der Waals surface area contributed by atoms with Gasteiger partial charge in [0.1, 0.15) is 0 Å². The van der Waals surface area contributed by atoms with E-state index in [1.54, 1.807) is 12.1 Å². The van der Waals surface area contributed by atoms with Crippen LogP contribution in [-0.2, 0) is 0 Å². The van der Waals surface area contributed by atoms with Gasteiger partial charge in [0.15, 0.2) is 5.78 Å². The molecule has 0 spiro atoms. The summed E-state index contributed by atoms with van der Waals surface area (Å²) in [6, 6.07) is 3.10. The van der Waals surface area contributed by atoms with Gasteiger partial charge in [0.25, 0.3) is 0 Å². The number of ketones is 1. The molecule has 0 aliphatic rings. The molecule has 4 heteroatoms. The van der Waals surface area contributed by atoms with Gasteiger partial charge in [-0.05, 0) is 12.1 Å². The van der Waals surface area contributed by atoms with E-state index in [-0.39, 0.29) is 5.78 Å². The van der Waals surface area contributed by atoms with Gasteiger partial charge in [0, 0.05) is 11.0 Å². The van der Waals surface area contributed by atoms with Crippen molar-refractivity contribution < 1.29 is 4.79 Å².